The summed E-state index contributed by atoms with van der Waals surface area (Å²) < 4.78 is 11.1. The lowest BCUT2D eigenvalue weighted by molar-refractivity contribution is -0.0443. The second-order valence-electron chi connectivity index (χ2n) is 7.91. The third-order valence-corrected chi connectivity index (χ3v) is 4.84. The van der Waals surface area contributed by atoms with E-state index in [0.717, 1.165) is 18.8 Å². The van der Waals surface area contributed by atoms with Crippen LogP contribution in [0.5, 0.6) is 0 Å². The zero-order chi connectivity index (χ0) is 16.3. The van der Waals surface area contributed by atoms with Crippen molar-refractivity contribution in [3.05, 3.63) is 0 Å². The molecular formula is C17H32N2O3. The quantitative estimate of drug-likeness (QED) is 0.851. The van der Waals surface area contributed by atoms with Gasteiger partial charge in [0.25, 0.3) is 0 Å². The van der Waals surface area contributed by atoms with Gasteiger partial charge in [0.05, 0.1) is 19.3 Å². The normalized spacial score (nSPS) is 31.7. The number of carbonyl (C=O) groups excluding carboxylic acids is 1. The van der Waals surface area contributed by atoms with E-state index in [0.29, 0.717) is 25.7 Å². The van der Waals surface area contributed by atoms with E-state index >= 15 is 0 Å². The molecule has 1 heterocycles. The maximum absolute atomic E-state index is 12.5. The highest BCUT2D eigenvalue weighted by Crippen LogP contribution is 2.32. The van der Waals surface area contributed by atoms with Gasteiger partial charge < -0.3 is 15.2 Å². The molecule has 1 amide bonds. The molecule has 0 bridgehead atoms. The van der Waals surface area contributed by atoms with Crippen LogP contribution in [0.1, 0.15) is 53.4 Å². The summed E-state index contributed by atoms with van der Waals surface area (Å²) in [6, 6.07) is -0.0951. The van der Waals surface area contributed by atoms with Gasteiger partial charge >= 0.3 is 6.09 Å². The summed E-state index contributed by atoms with van der Waals surface area (Å²) in [6.45, 7) is 9.62. The Kier molecular flexibility index (Phi) is 5.72. The number of rotatable bonds is 2. The lowest BCUT2D eigenvalue weighted by atomic mass is 9.77. The van der Waals surface area contributed by atoms with E-state index in [1.54, 1.807) is 4.90 Å². The van der Waals surface area contributed by atoms with E-state index in [1.165, 1.54) is 12.8 Å². The molecule has 2 aliphatic rings. The first-order chi connectivity index (χ1) is 10.3. The minimum Gasteiger partial charge on any atom is -0.444 e. The van der Waals surface area contributed by atoms with Crippen LogP contribution in [0.15, 0.2) is 0 Å². The van der Waals surface area contributed by atoms with E-state index in [2.05, 4.69) is 6.92 Å². The fourth-order valence-electron chi connectivity index (χ4n) is 3.47. The van der Waals surface area contributed by atoms with Crippen LogP contribution >= 0.6 is 0 Å². The molecule has 1 aliphatic carbocycles. The number of hydrogen-bond acceptors (Lipinski definition) is 4. The molecule has 2 N–H and O–H groups in total. The van der Waals surface area contributed by atoms with Gasteiger partial charge in [-0.15, -0.1) is 0 Å². The van der Waals surface area contributed by atoms with Crippen molar-refractivity contribution in [1.29, 1.82) is 0 Å². The van der Waals surface area contributed by atoms with Gasteiger partial charge in [0, 0.05) is 12.6 Å². The van der Waals surface area contributed by atoms with Crippen LogP contribution < -0.4 is 5.73 Å². The number of nitrogens with two attached hydrogens (primary N) is 1. The van der Waals surface area contributed by atoms with Crippen molar-refractivity contribution in [3.8, 4) is 0 Å². The maximum atomic E-state index is 12.5. The number of ether oxygens (including phenoxy) is 2. The number of amides is 1. The van der Waals surface area contributed by atoms with Gasteiger partial charge in [0.1, 0.15) is 5.60 Å². The molecule has 0 aromatic rings. The second kappa shape index (κ2) is 7.18. The molecule has 5 nitrogen and oxygen atoms in total. The van der Waals surface area contributed by atoms with E-state index in [9.17, 15) is 4.79 Å². The Hall–Kier alpha value is -0.810. The van der Waals surface area contributed by atoms with Crippen molar-refractivity contribution in [3.63, 3.8) is 0 Å². The summed E-state index contributed by atoms with van der Waals surface area (Å²) >= 11 is 0. The van der Waals surface area contributed by atoms with Gasteiger partial charge in [-0.3, -0.25) is 4.90 Å². The SMILES string of the molecule is CC1CCC(C(N)C2COCCN2C(=O)OC(C)(C)C)CC1. The van der Waals surface area contributed by atoms with Gasteiger partial charge in [-0.1, -0.05) is 19.8 Å². The van der Waals surface area contributed by atoms with E-state index in [1.807, 2.05) is 20.8 Å². The number of morpholine rings is 1. The summed E-state index contributed by atoms with van der Waals surface area (Å²) in [6.07, 6.45) is 4.51. The Morgan fingerprint density at radius 3 is 2.50 bits per heavy atom. The van der Waals surface area contributed by atoms with Crippen LogP contribution in [0.25, 0.3) is 0 Å². The standard InChI is InChI=1S/C17H32N2O3/c1-12-5-7-13(8-6-12)15(18)14-11-21-10-9-19(14)16(20)22-17(2,3)4/h12-15H,5-11,18H2,1-4H3. The third-order valence-electron chi connectivity index (χ3n) is 4.84. The Labute approximate surface area is 134 Å². The van der Waals surface area contributed by atoms with Gasteiger partial charge in [-0.05, 0) is 45.4 Å². The summed E-state index contributed by atoms with van der Waals surface area (Å²) in [5.41, 5.74) is 6.05. The topological polar surface area (TPSA) is 64.8 Å². The molecule has 22 heavy (non-hydrogen) atoms. The smallest absolute Gasteiger partial charge is 0.410 e. The summed E-state index contributed by atoms with van der Waals surface area (Å²) in [5, 5.41) is 0. The van der Waals surface area contributed by atoms with E-state index in [4.69, 9.17) is 15.2 Å². The van der Waals surface area contributed by atoms with Crippen LogP contribution in [-0.2, 0) is 9.47 Å². The van der Waals surface area contributed by atoms with Crippen molar-refractivity contribution in [2.24, 2.45) is 17.6 Å². The number of carbonyl (C=O) groups is 1. The highest BCUT2D eigenvalue weighted by Gasteiger charge is 2.38. The molecule has 2 rings (SSSR count). The van der Waals surface area contributed by atoms with Crippen molar-refractivity contribution in [1.82, 2.24) is 4.90 Å². The molecule has 1 saturated carbocycles. The molecular weight excluding hydrogens is 280 g/mol. The summed E-state index contributed by atoms with van der Waals surface area (Å²) in [4.78, 5) is 14.2. The Balaban J connectivity index is 2.01. The lowest BCUT2D eigenvalue weighted by Crippen LogP contribution is -2.59. The Morgan fingerprint density at radius 2 is 1.91 bits per heavy atom. The Bertz CT molecular complexity index is 373. The maximum Gasteiger partial charge on any atom is 0.410 e. The van der Waals surface area contributed by atoms with E-state index < -0.39 is 5.60 Å². The van der Waals surface area contributed by atoms with Crippen molar-refractivity contribution in [2.75, 3.05) is 19.8 Å². The largest absolute Gasteiger partial charge is 0.444 e. The average molecular weight is 312 g/mol. The van der Waals surface area contributed by atoms with Crippen LogP contribution in [0.2, 0.25) is 0 Å². The first kappa shape index (κ1) is 17.5. The molecule has 2 atom stereocenters. The van der Waals surface area contributed by atoms with Gasteiger partial charge in [-0.2, -0.15) is 0 Å². The zero-order valence-corrected chi connectivity index (χ0v) is 14.5. The zero-order valence-electron chi connectivity index (χ0n) is 14.5. The molecule has 1 saturated heterocycles. The van der Waals surface area contributed by atoms with Crippen LogP contribution in [-0.4, -0.2) is 48.4 Å². The average Bonchev–Trinajstić information content (AvgIpc) is 2.45. The predicted octanol–water partition coefficient (Wildman–Crippen LogP) is 2.78. The molecule has 2 fully saturated rings. The highest BCUT2D eigenvalue weighted by atomic mass is 16.6. The number of nitrogens with zero attached hydrogens (tertiary/aromatic N) is 1. The monoisotopic (exact) mass is 312 g/mol. The van der Waals surface area contributed by atoms with Gasteiger partial charge in [-0.25, -0.2) is 4.79 Å². The first-order valence-electron chi connectivity index (χ1n) is 8.61. The third kappa shape index (κ3) is 4.59. The lowest BCUT2D eigenvalue weighted by Gasteiger charge is -2.43. The van der Waals surface area contributed by atoms with E-state index in [-0.39, 0.29) is 18.2 Å². The molecule has 0 radical (unpaired) electrons. The Morgan fingerprint density at radius 1 is 1.27 bits per heavy atom. The number of hydrogen-bond donors (Lipinski definition) is 1. The second-order valence-corrected chi connectivity index (χ2v) is 7.91. The molecule has 0 spiro atoms. The molecule has 0 aromatic carbocycles. The molecule has 1 aliphatic heterocycles. The molecule has 2 unspecified atom stereocenters. The summed E-state index contributed by atoms with van der Waals surface area (Å²) in [5.74, 6) is 1.28. The van der Waals surface area contributed by atoms with Crippen LogP contribution in [0, 0.1) is 11.8 Å². The van der Waals surface area contributed by atoms with Crippen molar-refractivity contribution < 1.29 is 14.3 Å². The minimum atomic E-state index is -0.482. The van der Waals surface area contributed by atoms with Crippen LogP contribution in [0.3, 0.4) is 0 Å². The fourth-order valence-corrected chi connectivity index (χ4v) is 3.47. The molecule has 5 heteroatoms. The highest BCUT2D eigenvalue weighted by molar-refractivity contribution is 5.68. The first-order valence-corrected chi connectivity index (χ1v) is 8.61. The molecule has 128 valence electrons. The van der Waals surface area contributed by atoms with Gasteiger partial charge in [0.15, 0.2) is 0 Å². The minimum absolute atomic E-state index is 0.0275. The summed E-state index contributed by atoms with van der Waals surface area (Å²) in [7, 11) is 0. The fraction of sp³-hybridized carbons (Fsp3) is 0.941. The van der Waals surface area contributed by atoms with Crippen molar-refractivity contribution >= 4 is 6.09 Å². The van der Waals surface area contributed by atoms with Crippen LogP contribution in [0.4, 0.5) is 4.79 Å². The predicted molar refractivity (Wildman–Crippen MR) is 86.6 cm³/mol. The molecule has 0 aromatic heterocycles. The van der Waals surface area contributed by atoms with Gasteiger partial charge in [0.2, 0.25) is 0 Å². The van der Waals surface area contributed by atoms with Crippen molar-refractivity contribution in [2.45, 2.75) is 71.1 Å².